The first-order valence-corrected chi connectivity index (χ1v) is 4.45. The maximum Gasteiger partial charge on any atom is 0.122 e. The van der Waals surface area contributed by atoms with Crippen molar-refractivity contribution < 1.29 is 14.3 Å². The third kappa shape index (κ3) is 3.64. The number of benzene rings is 1. The van der Waals surface area contributed by atoms with Crippen molar-refractivity contribution in [2.75, 3.05) is 20.3 Å². The molecule has 0 atom stereocenters. The summed E-state index contributed by atoms with van der Waals surface area (Å²) < 4.78 is 10.5. The predicted octanol–water partition coefficient (Wildman–Crippen LogP) is 1.35. The summed E-state index contributed by atoms with van der Waals surface area (Å²) in [5.41, 5.74) is 0. The van der Waals surface area contributed by atoms with Crippen molar-refractivity contribution in [2.24, 2.45) is 5.90 Å². The molecule has 78 valence electrons. The molecule has 0 aliphatic heterocycles. The lowest BCUT2D eigenvalue weighted by Gasteiger charge is -2.06. The van der Waals surface area contributed by atoms with E-state index in [4.69, 9.17) is 15.4 Å². The zero-order valence-corrected chi connectivity index (χ0v) is 8.23. The van der Waals surface area contributed by atoms with Crippen molar-refractivity contribution in [3.05, 3.63) is 24.3 Å². The summed E-state index contributed by atoms with van der Waals surface area (Å²) in [4.78, 5) is 4.42. The Morgan fingerprint density at radius 3 is 2.71 bits per heavy atom. The van der Waals surface area contributed by atoms with E-state index in [1.54, 1.807) is 7.11 Å². The second-order valence-electron chi connectivity index (χ2n) is 2.75. The molecular weight excluding hydrogens is 182 g/mol. The topological polar surface area (TPSA) is 53.7 Å². The normalized spacial score (nSPS) is 9.86. The minimum Gasteiger partial charge on any atom is -0.497 e. The summed E-state index contributed by atoms with van der Waals surface area (Å²) in [5.74, 6) is 6.46. The van der Waals surface area contributed by atoms with Crippen LogP contribution in [0.2, 0.25) is 0 Å². The SMILES string of the molecule is COc1cccc(OCCCON)c1. The number of hydrogen-bond donors (Lipinski definition) is 1. The van der Waals surface area contributed by atoms with Crippen LogP contribution in [-0.4, -0.2) is 20.3 Å². The Bertz CT molecular complexity index is 265. The van der Waals surface area contributed by atoms with Gasteiger partial charge in [0.2, 0.25) is 0 Å². The van der Waals surface area contributed by atoms with Gasteiger partial charge in [-0.15, -0.1) is 0 Å². The second-order valence-corrected chi connectivity index (χ2v) is 2.75. The molecule has 0 aliphatic carbocycles. The van der Waals surface area contributed by atoms with Gasteiger partial charge in [0.1, 0.15) is 11.5 Å². The van der Waals surface area contributed by atoms with Gasteiger partial charge in [0.15, 0.2) is 0 Å². The Kier molecular flexibility index (Phi) is 4.82. The number of rotatable bonds is 6. The molecule has 0 fully saturated rings. The van der Waals surface area contributed by atoms with Gasteiger partial charge in [0.25, 0.3) is 0 Å². The van der Waals surface area contributed by atoms with Crippen LogP contribution in [0.15, 0.2) is 24.3 Å². The molecule has 0 radical (unpaired) electrons. The van der Waals surface area contributed by atoms with E-state index in [9.17, 15) is 0 Å². The van der Waals surface area contributed by atoms with Crippen LogP contribution in [0, 0.1) is 0 Å². The number of hydrogen-bond acceptors (Lipinski definition) is 4. The van der Waals surface area contributed by atoms with E-state index in [0.717, 1.165) is 17.9 Å². The number of ether oxygens (including phenoxy) is 2. The highest BCUT2D eigenvalue weighted by atomic mass is 16.6. The summed E-state index contributed by atoms with van der Waals surface area (Å²) in [5, 5.41) is 0. The molecular formula is C10H15NO3. The molecule has 0 amide bonds. The summed E-state index contributed by atoms with van der Waals surface area (Å²) in [7, 11) is 1.63. The first-order chi connectivity index (χ1) is 6.86. The molecule has 1 aromatic carbocycles. The molecule has 4 nitrogen and oxygen atoms in total. The molecule has 0 aromatic heterocycles. The Hall–Kier alpha value is -1.26. The zero-order chi connectivity index (χ0) is 10.2. The van der Waals surface area contributed by atoms with E-state index in [1.807, 2.05) is 24.3 Å². The molecule has 4 heteroatoms. The van der Waals surface area contributed by atoms with E-state index in [1.165, 1.54) is 0 Å². The highest BCUT2D eigenvalue weighted by Gasteiger charge is 1.95. The smallest absolute Gasteiger partial charge is 0.122 e. The standard InChI is InChI=1S/C10H15NO3/c1-12-9-4-2-5-10(8-9)13-6-3-7-14-11/h2,4-5,8H,3,6-7,11H2,1H3. The summed E-state index contributed by atoms with van der Waals surface area (Å²) >= 11 is 0. The molecule has 0 unspecified atom stereocenters. The van der Waals surface area contributed by atoms with Crippen molar-refractivity contribution in [1.29, 1.82) is 0 Å². The molecule has 0 saturated carbocycles. The Balaban J connectivity index is 2.34. The van der Waals surface area contributed by atoms with E-state index in [0.29, 0.717) is 13.2 Å². The largest absolute Gasteiger partial charge is 0.497 e. The average molecular weight is 197 g/mol. The fourth-order valence-corrected chi connectivity index (χ4v) is 1.02. The van der Waals surface area contributed by atoms with Crippen molar-refractivity contribution in [2.45, 2.75) is 6.42 Å². The Morgan fingerprint density at radius 2 is 2.00 bits per heavy atom. The van der Waals surface area contributed by atoms with Crippen LogP contribution in [0.4, 0.5) is 0 Å². The van der Waals surface area contributed by atoms with Crippen LogP contribution >= 0.6 is 0 Å². The van der Waals surface area contributed by atoms with E-state index in [-0.39, 0.29) is 0 Å². The second kappa shape index (κ2) is 6.23. The van der Waals surface area contributed by atoms with Gasteiger partial charge < -0.3 is 14.3 Å². The van der Waals surface area contributed by atoms with Gasteiger partial charge in [0.05, 0.1) is 20.3 Å². The lowest BCUT2D eigenvalue weighted by molar-refractivity contribution is 0.122. The van der Waals surface area contributed by atoms with Gasteiger partial charge in [0, 0.05) is 12.5 Å². The van der Waals surface area contributed by atoms with Crippen LogP contribution in [0.25, 0.3) is 0 Å². The van der Waals surface area contributed by atoms with Crippen molar-refractivity contribution in [3.8, 4) is 11.5 Å². The van der Waals surface area contributed by atoms with Crippen molar-refractivity contribution >= 4 is 0 Å². The minimum atomic E-state index is 0.504. The average Bonchev–Trinajstić information content (AvgIpc) is 2.25. The van der Waals surface area contributed by atoms with Crippen LogP contribution in [-0.2, 0) is 4.84 Å². The maximum absolute atomic E-state index is 5.44. The third-order valence-corrected chi connectivity index (χ3v) is 1.72. The van der Waals surface area contributed by atoms with Crippen molar-refractivity contribution in [1.82, 2.24) is 0 Å². The molecule has 0 bridgehead atoms. The highest BCUT2D eigenvalue weighted by molar-refractivity contribution is 5.32. The van der Waals surface area contributed by atoms with Gasteiger partial charge in [-0.05, 0) is 12.1 Å². The number of methoxy groups -OCH3 is 1. The molecule has 0 heterocycles. The maximum atomic E-state index is 5.44. The van der Waals surface area contributed by atoms with Crippen LogP contribution in [0.3, 0.4) is 0 Å². The van der Waals surface area contributed by atoms with Crippen LogP contribution in [0.5, 0.6) is 11.5 Å². The molecule has 2 N–H and O–H groups in total. The van der Waals surface area contributed by atoms with Gasteiger partial charge >= 0.3 is 0 Å². The zero-order valence-electron chi connectivity index (χ0n) is 8.23. The van der Waals surface area contributed by atoms with E-state index in [2.05, 4.69) is 4.84 Å². The Morgan fingerprint density at radius 1 is 1.21 bits per heavy atom. The van der Waals surface area contributed by atoms with E-state index >= 15 is 0 Å². The molecule has 0 aliphatic rings. The third-order valence-electron chi connectivity index (χ3n) is 1.72. The first-order valence-electron chi connectivity index (χ1n) is 4.45. The molecule has 1 rings (SSSR count). The first kappa shape index (κ1) is 10.8. The molecule has 1 aromatic rings. The van der Waals surface area contributed by atoms with Gasteiger partial charge in [-0.2, -0.15) is 0 Å². The van der Waals surface area contributed by atoms with Gasteiger partial charge in [-0.25, -0.2) is 5.90 Å². The van der Waals surface area contributed by atoms with E-state index < -0.39 is 0 Å². The van der Waals surface area contributed by atoms with Crippen LogP contribution < -0.4 is 15.4 Å². The summed E-state index contributed by atoms with van der Waals surface area (Å²) in [6.45, 7) is 1.09. The number of nitrogens with two attached hydrogens (primary N) is 1. The van der Waals surface area contributed by atoms with Gasteiger partial charge in [-0.3, -0.25) is 0 Å². The summed E-state index contributed by atoms with van der Waals surface area (Å²) in [6, 6.07) is 7.47. The fraction of sp³-hybridized carbons (Fsp3) is 0.400. The monoisotopic (exact) mass is 197 g/mol. The Labute approximate surface area is 83.5 Å². The summed E-state index contributed by atoms with van der Waals surface area (Å²) in [6.07, 6.45) is 0.772. The van der Waals surface area contributed by atoms with Crippen molar-refractivity contribution in [3.63, 3.8) is 0 Å². The lowest BCUT2D eigenvalue weighted by Crippen LogP contribution is -2.06. The molecule has 14 heavy (non-hydrogen) atoms. The quantitative estimate of drug-likeness (QED) is 0.552. The van der Waals surface area contributed by atoms with Crippen LogP contribution in [0.1, 0.15) is 6.42 Å². The fourth-order valence-electron chi connectivity index (χ4n) is 1.02. The van der Waals surface area contributed by atoms with Gasteiger partial charge in [-0.1, -0.05) is 6.07 Å². The lowest BCUT2D eigenvalue weighted by atomic mass is 10.3. The molecule has 0 saturated heterocycles. The molecule has 0 spiro atoms. The predicted molar refractivity (Wildman–Crippen MR) is 53.2 cm³/mol. The minimum absolute atomic E-state index is 0.504. The highest BCUT2D eigenvalue weighted by Crippen LogP contribution is 2.18.